The average Bonchev–Trinajstić information content (AvgIpc) is 3.34. The van der Waals surface area contributed by atoms with Crippen molar-refractivity contribution in [1.82, 2.24) is 4.57 Å². The fraction of sp³-hybridized carbons (Fsp3) is 0.121. The van der Waals surface area contributed by atoms with E-state index >= 15 is 0 Å². The first kappa shape index (κ1) is 23.4. The zero-order chi connectivity index (χ0) is 24.7. The Hall–Kier alpha value is -4.37. The van der Waals surface area contributed by atoms with Crippen LogP contribution in [0.2, 0.25) is 0 Å². The van der Waals surface area contributed by atoms with E-state index in [1.54, 1.807) is 0 Å². The van der Waals surface area contributed by atoms with Crippen LogP contribution in [-0.4, -0.2) is 23.9 Å². The van der Waals surface area contributed by atoms with Crippen LogP contribution >= 0.6 is 0 Å². The van der Waals surface area contributed by atoms with Gasteiger partial charge in [0.05, 0.1) is 17.1 Å². The molecule has 4 aromatic carbocycles. The zero-order valence-corrected chi connectivity index (χ0v) is 20.9. The Morgan fingerprint density at radius 3 is 1.81 bits per heavy atom. The highest BCUT2D eigenvalue weighted by atomic mass is 15.1. The molecule has 1 aromatic heterocycles. The molecule has 5 rings (SSSR count). The van der Waals surface area contributed by atoms with Gasteiger partial charge in [-0.1, -0.05) is 78.9 Å². The van der Waals surface area contributed by atoms with Crippen LogP contribution in [0.5, 0.6) is 0 Å². The number of anilines is 1. The van der Waals surface area contributed by atoms with Gasteiger partial charge in [0, 0.05) is 36.2 Å². The molecular weight excluding hydrogens is 438 g/mol. The Bertz CT molecular complexity index is 1410. The van der Waals surface area contributed by atoms with Crippen LogP contribution < -0.4 is 4.90 Å². The van der Waals surface area contributed by atoms with E-state index in [1.165, 1.54) is 11.3 Å². The van der Waals surface area contributed by atoms with Gasteiger partial charge in [-0.3, -0.25) is 4.99 Å². The highest BCUT2D eigenvalue weighted by molar-refractivity contribution is 5.94. The predicted molar refractivity (Wildman–Crippen MR) is 154 cm³/mol. The first-order chi connectivity index (χ1) is 17.8. The molecule has 0 aliphatic rings. The maximum absolute atomic E-state index is 4.90. The molecule has 0 unspecified atom stereocenters. The number of benzene rings is 4. The lowest BCUT2D eigenvalue weighted by molar-refractivity contribution is 0.866. The number of aliphatic imine (C=N–C) groups is 1. The van der Waals surface area contributed by atoms with Crippen LogP contribution in [-0.2, 0) is 0 Å². The average molecular weight is 470 g/mol. The van der Waals surface area contributed by atoms with Gasteiger partial charge in [0.2, 0.25) is 0 Å². The first-order valence-electron chi connectivity index (χ1n) is 12.6. The fourth-order valence-corrected chi connectivity index (χ4v) is 4.67. The number of hydrogen-bond donors (Lipinski definition) is 0. The lowest BCUT2D eigenvalue weighted by atomic mass is 10.1. The van der Waals surface area contributed by atoms with E-state index in [0.29, 0.717) is 0 Å². The number of aromatic nitrogens is 1. The minimum atomic E-state index is 0.943. The molecule has 0 aliphatic heterocycles. The zero-order valence-electron chi connectivity index (χ0n) is 20.9. The van der Waals surface area contributed by atoms with Crippen LogP contribution in [0.4, 0.5) is 11.4 Å². The summed E-state index contributed by atoms with van der Waals surface area (Å²) >= 11 is 0. The summed E-state index contributed by atoms with van der Waals surface area (Å²) in [6, 6.07) is 42.4. The molecule has 178 valence electrons. The van der Waals surface area contributed by atoms with E-state index in [9.17, 15) is 0 Å². The van der Waals surface area contributed by atoms with E-state index in [-0.39, 0.29) is 0 Å². The van der Waals surface area contributed by atoms with E-state index in [4.69, 9.17) is 4.99 Å². The molecule has 0 saturated heterocycles. The summed E-state index contributed by atoms with van der Waals surface area (Å²) in [7, 11) is 0. The second-order valence-electron chi connectivity index (χ2n) is 8.68. The molecule has 0 saturated carbocycles. The van der Waals surface area contributed by atoms with Gasteiger partial charge in [-0.15, -0.1) is 0 Å². The summed E-state index contributed by atoms with van der Waals surface area (Å²) in [5.41, 5.74) is 8.96. The van der Waals surface area contributed by atoms with E-state index in [1.807, 2.05) is 6.21 Å². The van der Waals surface area contributed by atoms with Gasteiger partial charge in [0.15, 0.2) is 0 Å². The van der Waals surface area contributed by atoms with E-state index < -0.39 is 0 Å². The topological polar surface area (TPSA) is 20.5 Å². The quantitative estimate of drug-likeness (QED) is 0.209. The van der Waals surface area contributed by atoms with Crippen molar-refractivity contribution in [3.63, 3.8) is 0 Å². The maximum atomic E-state index is 4.90. The molecule has 3 nitrogen and oxygen atoms in total. The molecule has 0 aliphatic carbocycles. The van der Waals surface area contributed by atoms with Gasteiger partial charge in [-0.25, -0.2) is 0 Å². The Morgan fingerprint density at radius 2 is 1.22 bits per heavy atom. The van der Waals surface area contributed by atoms with Crippen molar-refractivity contribution in [2.45, 2.75) is 13.8 Å². The Labute approximate surface area is 214 Å². The molecule has 0 amide bonds. The molecule has 0 radical (unpaired) electrons. The van der Waals surface area contributed by atoms with Crippen LogP contribution in [0.1, 0.15) is 19.4 Å². The van der Waals surface area contributed by atoms with Crippen molar-refractivity contribution in [2.24, 2.45) is 4.99 Å². The third kappa shape index (κ3) is 4.87. The van der Waals surface area contributed by atoms with Crippen LogP contribution in [0.25, 0.3) is 28.2 Å². The molecule has 0 spiro atoms. The molecule has 0 atom stereocenters. The Morgan fingerprint density at radius 1 is 0.667 bits per heavy atom. The summed E-state index contributed by atoms with van der Waals surface area (Å²) in [6.07, 6.45) is 2.00. The summed E-state index contributed by atoms with van der Waals surface area (Å²) in [5.74, 6) is 0. The summed E-state index contributed by atoms with van der Waals surface area (Å²) in [5, 5.41) is 0. The van der Waals surface area contributed by atoms with Crippen molar-refractivity contribution in [2.75, 3.05) is 18.0 Å². The molecule has 1 heterocycles. The van der Waals surface area contributed by atoms with Crippen molar-refractivity contribution in [3.05, 3.63) is 127 Å². The van der Waals surface area contributed by atoms with Gasteiger partial charge < -0.3 is 9.47 Å². The van der Waals surface area contributed by atoms with Crippen molar-refractivity contribution in [3.8, 4) is 28.2 Å². The van der Waals surface area contributed by atoms with E-state index in [0.717, 1.165) is 47.0 Å². The minimum absolute atomic E-state index is 0.943. The summed E-state index contributed by atoms with van der Waals surface area (Å²) in [4.78, 5) is 7.24. The van der Waals surface area contributed by atoms with Crippen molar-refractivity contribution >= 4 is 17.6 Å². The van der Waals surface area contributed by atoms with Gasteiger partial charge in [0.1, 0.15) is 0 Å². The fourth-order valence-electron chi connectivity index (χ4n) is 4.67. The highest BCUT2D eigenvalue weighted by Crippen LogP contribution is 2.35. The van der Waals surface area contributed by atoms with Crippen LogP contribution in [0.3, 0.4) is 0 Å². The molecule has 3 heteroatoms. The van der Waals surface area contributed by atoms with Crippen LogP contribution in [0, 0.1) is 0 Å². The number of hydrogen-bond acceptors (Lipinski definition) is 2. The Kier molecular flexibility index (Phi) is 7.09. The molecular formula is C33H31N3. The second-order valence-corrected chi connectivity index (χ2v) is 8.68. The maximum Gasteiger partial charge on any atom is 0.0631 e. The summed E-state index contributed by atoms with van der Waals surface area (Å²) < 4.78 is 2.34. The lowest BCUT2D eigenvalue weighted by Gasteiger charge is -2.20. The largest absolute Gasteiger partial charge is 0.372 e. The van der Waals surface area contributed by atoms with Crippen molar-refractivity contribution in [1.29, 1.82) is 0 Å². The van der Waals surface area contributed by atoms with Gasteiger partial charge in [-0.2, -0.15) is 0 Å². The molecule has 36 heavy (non-hydrogen) atoms. The van der Waals surface area contributed by atoms with Crippen LogP contribution in [0.15, 0.2) is 126 Å². The highest BCUT2D eigenvalue weighted by Gasteiger charge is 2.18. The van der Waals surface area contributed by atoms with Gasteiger partial charge in [-0.05, 0) is 67.4 Å². The molecule has 5 aromatic rings. The number of nitrogens with zero attached hydrogens (tertiary/aromatic N) is 3. The number of para-hydroxylation sites is 1. The normalized spacial score (nSPS) is 11.2. The third-order valence-corrected chi connectivity index (χ3v) is 6.49. The lowest BCUT2D eigenvalue weighted by Crippen LogP contribution is -2.21. The smallest absolute Gasteiger partial charge is 0.0631 e. The standard InChI is InChI=1S/C33H31N3/c1-3-35(4-2)30-22-20-29(21-23-30)34-25-28-24-32(26-14-8-5-9-15-26)36(31-18-12-7-13-19-31)33(28)27-16-10-6-11-17-27/h5-25H,3-4H2,1-2H3. The molecule has 0 N–H and O–H groups in total. The predicted octanol–water partition coefficient (Wildman–Crippen LogP) is 8.41. The third-order valence-electron chi connectivity index (χ3n) is 6.49. The number of rotatable bonds is 8. The van der Waals surface area contributed by atoms with Gasteiger partial charge in [0.25, 0.3) is 0 Å². The Balaban J connectivity index is 1.65. The van der Waals surface area contributed by atoms with E-state index in [2.05, 4.69) is 145 Å². The molecule has 0 fully saturated rings. The summed E-state index contributed by atoms with van der Waals surface area (Å²) in [6.45, 7) is 6.36. The first-order valence-corrected chi connectivity index (χ1v) is 12.6. The molecule has 0 bridgehead atoms. The monoisotopic (exact) mass is 469 g/mol. The van der Waals surface area contributed by atoms with Gasteiger partial charge >= 0.3 is 0 Å². The van der Waals surface area contributed by atoms with Crippen molar-refractivity contribution < 1.29 is 0 Å². The second kappa shape index (κ2) is 10.9. The SMILES string of the molecule is CCN(CC)c1ccc(N=Cc2cc(-c3ccccc3)n(-c3ccccc3)c2-c2ccccc2)cc1. The minimum Gasteiger partial charge on any atom is -0.372 e.